The van der Waals surface area contributed by atoms with Gasteiger partial charge in [0.25, 0.3) is 0 Å². The van der Waals surface area contributed by atoms with E-state index in [0.717, 1.165) is 45.7 Å². The molecule has 1 unspecified atom stereocenters. The molecule has 0 fully saturated rings. The average molecular weight is 509 g/mol. The molecule has 0 bridgehead atoms. The maximum absolute atomic E-state index is 6.14. The van der Waals surface area contributed by atoms with Crippen LogP contribution < -0.4 is 10.3 Å². The van der Waals surface area contributed by atoms with Crippen molar-refractivity contribution >= 4 is 56.9 Å². The molecule has 0 amide bonds. The molecule has 6 rings (SSSR count). The van der Waals surface area contributed by atoms with Crippen LogP contribution in [0.3, 0.4) is 0 Å². The smallest absolute Gasteiger partial charge is 0.0831 e. The summed E-state index contributed by atoms with van der Waals surface area (Å²) in [5, 5.41) is 13.1. The van der Waals surface area contributed by atoms with Gasteiger partial charge in [-0.3, -0.25) is 9.99 Å². The lowest BCUT2D eigenvalue weighted by Crippen LogP contribution is -2.18. The number of aromatic nitrogens is 1. The predicted octanol–water partition coefficient (Wildman–Crippen LogP) is 8.64. The van der Waals surface area contributed by atoms with Crippen molar-refractivity contribution in [2.45, 2.75) is 12.5 Å². The van der Waals surface area contributed by atoms with Gasteiger partial charge in [0, 0.05) is 39.4 Å². The lowest BCUT2D eigenvalue weighted by Gasteiger charge is -2.24. The Kier molecular flexibility index (Phi) is 6.06. The van der Waals surface area contributed by atoms with Crippen LogP contribution in [0.1, 0.15) is 23.6 Å². The molecule has 4 nitrogen and oxygen atoms in total. The average Bonchev–Trinajstić information content (AvgIpc) is 3.36. The summed E-state index contributed by atoms with van der Waals surface area (Å²) in [5.41, 5.74) is 7.24. The Morgan fingerprint density at radius 2 is 1.53 bits per heavy atom. The van der Waals surface area contributed by atoms with Gasteiger partial charge in [-0.1, -0.05) is 65.7 Å². The van der Waals surface area contributed by atoms with Crippen molar-refractivity contribution in [3.8, 4) is 0 Å². The molecular formula is C30H22Cl2N4. The third-order valence-electron chi connectivity index (χ3n) is 6.39. The van der Waals surface area contributed by atoms with Crippen molar-refractivity contribution in [2.75, 3.05) is 10.3 Å². The minimum atomic E-state index is 0.121. The van der Waals surface area contributed by atoms with Gasteiger partial charge in [-0.15, -0.1) is 0 Å². The van der Waals surface area contributed by atoms with E-state index in [1.165, 1.54) is 5.56 Å². The van der Waals surface area contributed by atoms with E-state index in [2.05, 4.69) is 63.8 Å². The van der Waals surface area contributed by atoms with Gasteiger partial charge in [0.15, 0.2) is 0 Å². The summed E-state index contributed by atoms with van der Waals surface area (Å²) >= 11 is 12.3. The Morgan fingerprint density at radius 1 is 0.778 bits per heavy atom. The standard InChI is InChI=1S/C30H22Cl2N4/c31-22-8-13-25(14-9-22)36-30(21-4-2-1-3-5-21)19-28(35-36)20-6-11-24(12-7-20)34-27-16-17-33-29-18-23(32)10-15-26(27)29/h1-18,30H,19H2,(H,33,34). The Bertz CT molecular complexity index is 1550. The largest absolute Gasteiger partial charge is 0.355 e. The molecule has 0 radical (unpaired) electrons. The molecule has 1 aliphatic rings. The summed E-state index contributed by atoms with van der Waals surface area (Å²) in [6, 6.07) is 34.6. The van der Waals surface area contributed by atoms with Crippen LogP contribution >= 0.6 is 23.2 Å². The van der Waals surface area contributed by atoms with Crippen molar-refractivity contribution < 1.29 is 0 Å². The zero-order valence-corrected chi connectivity index (χ0v) is 20.8. The number of nitrogens with zero attached hydrogens (tertiary/aromatic N) is 3. The molecule has 0 saturated heterocycles. The second-order valence-electron chi connectivity index (χ2n) is 8.72. The van der Waals surface area contributed by atoms with Gasteiger partial charge in [0.05, 0.1) is 23.0 Å². The quantitative estimate of drug-likeness (QED) is 0.258. The summed E-state index contributed by atoms with van der Waals surface area (Å²) in [6.45, 7) is 0. The number of halogens is 2. The van der Waals surface area contributed by atoms with Crippen molar-refractivity contribution in [3.05, 3.63) is 130 Å². The van der Waals surface area contributed by atoms with Gasteiger partial charge in [-0.2, -0.15) is 5.10 Å². The molecule has 0 aliphatic carbocycles. The first-order valence-electron chi connectivity index (χ1n) is 11.7. The molecule has 36 heavy (non-hydrogen) atoms. The molecule has 176 valence electrons. The number of nitrogens with one attached hydrogen (secondary N) is 1. The number of anilines is 3. The molecule has 1 aromatic heterocycles. The van der Waals surface area contributed by atoms with Crippen molar-refractivity contribution in [1.29, 1.82) is 0 Å². The summed E-state index contributed by atoms with van der Waals surface area (Å²) in [6.07, 6.45) is 2.60. The highest BCUT2D eigenvalue weighted by Crippen LogP contribution is 2.37. The number of pyridine rings is 1. The monoisotopic (exact) mass is 508 g/mol. The second-order valence-corrected chi connectivity index (χ2v) is 9.59. The Balaban J connectivity index is 1.28. The van der Waals surface area contributed by atoms with Gasteiger partial charge in [-0.05, 0) is 71.8 Å². The first-order chi connectivity index (χ1) is 17.6. The van der Waals surface area contributed by atoms with Crippen LogP contribution in [0.5, 0.6) is 0 Å². The molecular weight excluding hydrogens is 487 g/mol. The molecule has 6 heteroatoms. The molecule has 0 spiro atoms. The number of hydrogen-bond acceptors (Lipinski definition) is 4. The SMILES string of the molecule is Clc1ccc(N2N=C(c3ccc(Nc4ccnc5cc(Cl)ccc45)cc3)CC2c2ccccc2)cc1. The number of fused-ring (bicyclic) bond motifs is 1. The van der Waals surface area contributed by atoms with Gasteiger partial charge in [0.1, 0.15) is 0 Å². The van der Waals surface area contributed by atoms with Crippen molar-refractivity contribution in [1.82, 2.24) is 4.98 Å². The summed E-state index contributed by atoms with van der Waals surface area (Å²) < 4.78 is 0. The van der Waals surface area contributed by atoms with E-state index in [1.807, 2.05) is 54.6 Å². The van der Waals surface area contributed by atoms with Crippen LogP contribution in [0.2, 0.25) is 10.0 Å². The molecule has 0 saturated carbocycles. The number of hydrogen-bond donors (Lipinski definition) is 1. The number of rotatable bonds is 5. The van der Waals surface area contributed by atoms with Crippen LogP contribution in [0.4, 0.5) is 17.1 Å². The fourth-order valence-corrected chi connectivity index (χ4v) is 4.88. The lowest BCUT2D eigenvalue weighted by molar-refractivity contribution is 0.709. The van der Waals surface area contributed by atoms with E-state index in [0.29, 0.717) is 10.0 Å². The maximum atomic E-state index is 6.14. The van der Waals surface area contributed by atoms with E-state index in [9.17, 15) is 0 Å². The van der Waals surface area contributed by atoms with Crippen LogP contribution in [0, 0.1) is 0 Å². The van der Waals surface area contributed by atoms with Crippen molar-refractivity contribution in [3.63, 3.8) is 0 Å². The van der Waals surface area contributed by atoms with E-state index in [1.54, 1.807) is 6.20 Å². The highest BCUT2D eigenvalue weighted by molar-refractivity contribution is 6.31. The number of hydrazone groups is 1. The summed E-state index contributed by atoms with van der Waals surface area (Å²) in [5.74, 6) is 0. The first-order valence-corrected chi connectivity index (χ1v) is 12.5. The minimum absolute atomic E-state index is 0.121. The molecule has 1 atom stereocenters. The lowest BCUT2D eigenvalue weighted by atomic mass is 9.98. The topological polar surface area (TPSA) is 40.5 Å². The Morgan fingerprint density at radius 3 is 2.31 bits per heavy atom. The normalized spacial score (nSPS) is 15.2. The third-order valence-corrected chi connectivity index (χ3v) is 6.87. The van der Waals surface area contributed by atoms with Gasteiger partial charge in [0.2, 0.25) is 0 Å². The van der Waals surface area contributed by atoms with E-state index >= 15 is 0 Å². The Labute approximate surface area is 219 Å². The first kappa shape index (κ1) is 22.6. The third kappa shape index (κ3) is 4.53. The molecule has 1 aliphatic heterocycles. The molecule has 2 heterocycles. The zero-order valence-electron chi connectivity index (χ0n) is 19.3. The van der Waals surface area contributed by atoms with Gasteiger partial charge in [-0.25, -0.2) is 0 Å². The van der Waals surface area contributed by atoms with E-state index in [4.69, 9.17) is 28.3 Å². The van der Waals surface area contributed by atoms with Crippen LogP contribution in [0.25, 0.3) is 10.9 Å². The summed E-state index contributed by atoms with van der Waals surface area (Å²) in [7, 11) is 0. The van der Waals surface area contributed by atoms with Crippen LogP contribution in [0.15, 0.2) is 114 Å². The summed E-state index contributed by atoms with van der Waals surface area (Å²) in [4.78, 5) is 4.43. The fourth-order valence-electron chi connectivity index (χ4n) is 4.58. The number of benzene rings is 4. The molecule has 4 aromatic carbocycles. The van der Waals surface area contributed by atoms with Crippen molar-refractivity contribution in [2.24, 2.45) is 5.10 Å². The highest BCUT2D eigenvalue weighted by atomic mass is 35.5. The predicted molar refractivity (Wildman–Crippen MR) is 151 cm³/mol. The second kappa shape index (κ2) is 9.65. The highest BCUT2D eigenvalue weighted by Gasteiger charge is 2.29. The van der Waals surface area contributed by atoms with E-state index in [-0.39, 0.29) is 6.04 Å². The van der Waals surface area contributed by atoms with Crippen LogP contribution in [-0.4, -0.2) is 10.7 Å². The molecule has 5 aromatic rings. The van der Waals surface area contributed by atoms with Gasteiger partial charge >= 0.3 is 0 Å². The van der Waals surface area contributed by atoms with Gasteiger partial charge < -0.3 is 5.32 Å². The van der Waals surface area contributed by atoms with E-state index < -0.39 is 0 Å². The zero-order chi connectivity index (χ0) is 24.5. The maximum Gasteiger partial charge on any atom is 0.0831 e. The Hall–Kier alpha value is -3.86. The fraction of sp³-hybridized carbons (Fsp3) is 0.0667. The minimum Gasteiger partial charge on any atom is -0.355 e. The molecule has 1 N–H and O–H groups in total. The van der Waals surface area contributed by atoms with Crippen LogP contribution in [-0.2, 0) is 0 Å².